The monoisotopic (exact) mass is 421 g/mol. The summed E-state index contributed by atoms with van der Waals surface area (Å²) in [5.41, 5.74) is 3.89. The minimum Gasteiger partial charge on any atom is -0.494 e. The average Bonchev–Trinajstić information content (AvgIpc) is 3.12. The number of carbonyl (C=O) groups excluding carboxylic acids is 1. The van der Waals surface area contributed by atoms with Crippen LogP contribution in [-0.4, -0.2) is 30.1 Å². The second-order valence-corrected chi connectivity index (χ2v) is 8.93. The van der Waals surface area contributed by atoms with Crippen molar-refractivity contribution in [3.8, 4) is 5.75 Å². The van der Waals surface area contributed by atoms with Gasteiger partial charge in [0.2, 0.25) is 5.91 Å². The zero-order chi connectivity index (χ0) is 21.7. The quantitative estimate of drug-likeness (QED) is 0.624. The number of nitrogens with one attached hydrogen (secondary N) is 1. The maximum atomic E-state index is 12.0. The van der Waals surface area contributed by atoms with E-state index in [1.165, 1.54) is 11.1 Å². The molecule has 0 unspecified atom stereocenters. The topological polar surface area (TPSA) is 75.6 Å². The third-order valence-corrected chi connectivity index (χ3v) is 6.94. The third kappa shape index (κ3) is 5.09. The lowest BCUT2D eigenvalue weighted by Gasteiger charge is -2.37. The fraction of sp³-hybridized carbons (Fsp3) is 0.462. The Morgan fingerprint density at radius 1 is 1.06 bits per heavy atom. The van der Waals surface area contributed by atoms with Crippen molar-refractivity contribution in [1.82, 2.24) is 5.32 Å². The van der Waals surface area contributed by atoms with Crippen LogP contribution < -0.4 is 10.1 Å². The molecule has 2 aliphatic rings. The van der Waals surface area contributed by atoms with E-state index in [-0.39, 0.29) is 17.2 Å². The molecule has 1 amide bonds. The Bertz CT molecular complexity index is 916. The molecule has 2 aromatic rings. The number of fused-ring (bicyclic) bond motifs is 2. The molecular formula is C26H31NO4. The Morgan fingerprint density at radius 3 is 2.58 bits per heavy atom. The summed E-state index contributed by atoms with van der Waals surface area (Å²) in [6, 6.07) is 16.1. The van der Waals surface area contributed by atoms with Crippen molar-refractivity contribution in [1.29, 1.82) is 0 Å². The van der Waals surface area contributed by atoms with Gasteiger partial charge in [0.05, 0.1) is 18.9 Å². The number of rotatable bonds is 8. The van der Waals surface area contributed by atoms with Crippen LogP contribution in [0.2, 0.25) is 0 Å². The summed E-state index contributed by atoms with van der Waals surface area (Å²) in [6.45, 7) is 1.15. The van der Waals surface area contributed by atoms with Crippen molar-refractivity contribution in [3.05, 3.63) is 65.2 Å². The molecule has 0 heterocycles. The van der Waals surface area contributed by atoms with E-state index in [0.29, 0.717) is 19.6 Å². The van der Waals surface area contributed by atoms with Crippen molar-refractivity contribution < 1.29 is 19.4 Å². The minimum absolute atomic E-state index is 0.0302. The van der Waals surface area contributed by atoms with Gasteiger partial charge < -0.3 is 15.2 Å². The van der Waals surface area contributed by atoms with Crippen LogP contribution in [0.4, 0.5) is 0 Å². The maximum absolute atomic E-state index is 12.0. The van der Waals surface area contributed by atoms with Crippen LogP contribution in [-0.2, 0) is 27.8 Å². The van der Waals surface area contributed by atoms with Crippen molar-refractivity contribution in [2.75, 3.05) is 13.2 Å². The van der Waals surface area contributed by atoms with Crippen molar-refractivity contribution >= 4 is 11.9 Å². The number of carboxylic acids is 1. The van der Waals surface area contributed by atoms with E-state index < -0.39 is 5.97 Å². The molecule has 0 radical (unpaired) electrons. The van der Waals surface area contributed by atoms with Crippen LogP contribution in [0.25, 0.3) is 0 Å². The third-order valence-electron chi connectivity index (χ3n) is 6.94. The van der Waals surface area contributed by atoms with Gasteiger partial charge in [-0.15, -0.1) is 0 Å². The van der Waals surface area contributed by atoms with Gasteiger partial charge in [0.1, 0.15) is 5.75 Å². The van der Waals surface area contributed by atoms with Gasteiger partial charge in [-0.05, 0) is 79.2 Å². The number of hydrogen-bond acceptors (Lipinski definition) is 3. The molecular weight excluding hydrogens is 390 g/mol. The van der Waals surface area contributed by atoms with E-state index >= 15 is 0 Å². The highest BCUT2D eigenvalue weighted by Crippen LogP contribution is 2.50. The van der Waals surface area contributed by atoms with Crippen LogP contribution in [0, 0.1) is 5.92 Å². The molecule has 2 N–H and O–H groups in total. The average molecular weight is 422 g/mol. The first-order valence-corrected chi connectivity index (χ1v) is 11.4. The number of carbonyl (C=O) groups is 2. The fourth-order valence-corrected chi connectivity index (χ4v) is 5.14. The highest BCUT2D eigenvalue weighted by molar-refractivity contribution is 5.78. The maximum Gasteiger partial charge on any atom is 0.306 e. The lowest BCUT2D eigenvalue weighted by Crippen LogP contribution is -2.32. The summed E-state index contributed by atoms with van der Waals surface area (Å²) in [7, 11) is 0. The summed E-state index contributed by atoms with van der Waals surface area (Å²) in [5.74, 6) is 0.0610. The summed E-state index contributed by atoms with van der Waals surface area (Å²) in [5, 5.41) is 12.3. The first kappa shape index (κ1) is 21.4. The zero-order valence-electron chi connectivity index (χ0n) is 17.9. The van der Waals surface area contributed by atoms with Gasteiger partial charge in [-0.2, -0.15) is 0 Å². The standard InChI is InChI=1S/C26H31NO4/c28-24(17-19-5-2-1-3-6-19)27-15-4-16-31-22-8-7-20-9-12-26(23(20)18-22)13-10-21(11-14-26)25(29)30/h1-3,5-8,18,21H,4,9-17H2,(H,27,28)(H,29,30). The highest BCUT2D eigenvalue weighted by Gasteiger charge is 2.42. The molecule has 0 aliphatic heterocycles. The second kappa shape index (κ2) is 9.54. The molecule has 164 valence electrons. The fourth-order valence-electron chi connectivity index (χ4n) is 5.14. The summed E-state index contributed by atoms with van der Waals surface area (Å²) >= 11 is 0. The molecule has 0 saturated heterocycles. The van der Waals surface area contributed by atoms with E-state index in [1.54, 1.807) is 0 Å². The second-order valence-electron chi connectivity index (χ2n) is 8.93. The molecule has 2 aliphatic carbocycles. The van der Waals surface area contributed by atoms with Gasteiger partial charge >= 0.3 is 5.97 Å². The lowest BCUT2D eigenvalue weighted by atomic mass is 9.67. The summed E-state index contributed by atoms with van der Waals surface area (Å²) in [6.07, 6.45) is 6.78. The number of amides is 1. The predicted octanol–water partition coefficient (Wildman–Crippen LogP) is 4.27. The SMILES string of the molecule is O=C(Cc1ccccc1)NCCCOc1ccc2c(c1)C1(CC2)CCC(C(=O)O)CC1. The van der Waals surface area contributed by atoms with E-state index in [2.05, 4.69) is 17.4 Å². The lowest BCUT2D eigenvalue weighted by molar-refractivity contribution is -0.143. The Morgan fingerprint density at radius 2 is 1.84 bits per heavy atom. The number of aliphatic carboxylic acids is 1. The molecule has 5 heteroatoms. The molecule has 2 aromatic carbocycles. The van der Waals surface area contributed by atoms with Gasteiger partial charge in [0, 0.05) is 6.54 Å². The van der Waals surface area contributed by atoms with E-state index in [0.717, 1.165) is 56.3 Å². The molecule has 1 fully saturated rings. The van der Waals surface area contributed by atoms with Crippen molar-refractivity contribution in [2.45, 2.75) is 56.8 Å². The number of aryl methyl sites for hydroxylation is 1. The van der Waals surface area contributed by atoms with Crippen LogP contribution in [0.15, 0.2) is 48.5 Å². The number of hydrogen-bond donors (Lipinski definition) is 2. The largest absolute Gasteiger partial charge is 0.494 e. The zero-order valence-corrected chi connectivity index (χ0v) is 17.9. The van der Waals surface area contributed by atoms with Crippen LogP contribution in [0.3, 0.4) is 0 Å². The Hall–Kier alpha value is -2.82. The van der Waals surface area contributed by atoms with Crippen molar-refractivity contribution in [2.24, 2.45) is 5.92 Å². The van der Waals surface area contributed by atoms with Crippen LogP contribution >= 0.6 is 0 Å². The van der Waals surface area contributed by atoms with Gasteiger partial charge in [-0.1, -0.05) is 36.4 Å². The molecule has 31 heavy (non-hydrogen) atoms. The van der Waals surface area contributed by atoms with E-state index in [4.69, 9.17) is 4.74 Å². The first-order chi connectivity index (χ1) is 15.1. The minimum atomic E-state index is -0.652. The molecule has 0 aromatic heterocycles. The molecule has 1 spiro atoms. The van der Waals surface area contributed by atoms with Crippen LogP contribution in [0.5, 0.6) is 5.75 Å². The van der Waals surface area contributed by atoms with Crippen molar-refractivity contribution in [3.63, 3.8) is 0 Å². The highest BCUT2D eigenvalue weighted by atomic mass is 16.5. The number of benzene rings is 2. The van der Waals surface area contributed by atoms with Gasteiger partial charge in [-0.25, -0.2) is 0 Å². The smallest absolute Gasteiger partial charge is 0.306 e. The van der Waals surface area contributed by atoms with E-state index in [9.17, 15) is 14.7 Å². The molecule has 0 atom stereocenters. The Balaban J connectivity index is 1.24. The van der Waals surface area contributed by atoms with Gasteiger partial charge in [0.25, 0.3) is 0 Å². The van der Waals surface area contributed by atoms with E-state index in [1.807, 2.05) is 36.4 Å². The number of carboxylic acid groups (broad SMARTS) is 1. The molecule has 0 bridgehead atoms. The van der Waals surface area contributed by atoms with Gasteiger partial charge in [-0.3, -0.25) is 9.59 Å². The summed E-state index contributed by atoms with van der Waals surface area (Å²) in [4.78, 5) is 23.3. The summed E-state index contributed by atoms with van der Waals surface area (Å²) < 4.78 is 5.98. The molecule has 1 saturated carbocycles. The molecule has 5 nitrogen and oxygen atoms in total. The Labute approximate surface area is 183 Å². The van der Waals surface area contributed by atoms with Crippen LogP contribution in [0.1, 0.15) is 55.2 Å². The van der Waals surface area contributed by atoms with Gasteiger partial charge in [0.15, 0.2) is 0 Å². The molecule has 4 rings (SSSR count). The predicted molar refractivity (Wildman–Crippen MR) is 119 cm³/mol. The Kier molecular flexibility index (Phi) is 6.59. The first-order valence-electron chi connectivity index (χ1n) is 11.4. The normalized spacial score (nSPS) is 22.1. The number of ether oxygens (including phenoxy) is 1.